The van der Waals surface area contributed by atoms with Crippen LogP contribution in [0.25, 0.3) is 0 Å². The van der Waals surface area contributed by atoms with Gasteiger partial charge >= 0.3 is 0 Å². The first kappa shape index (κ1) is 13.9. The fraction of sp³-hybridized carbons (Fsp3) is 0.706. The maximum absolute atomic E-state index is 4.76. The second kappa shape index (κ2) is 6.57. The van der Waals surface area contributed by atoms with E-state index < -0.39 is 0 Å². The topological polar surface area (TPSA) is 19.4 Å². The summed E-state index contributed by atoms with van der Waals surface area (Å²) in [4.78, 5) is 9.79. The Morgan fingerprint density at radius 2 is 1.85 bits per heavy atom. The molecule has 1 atom stereocenters. The van der Waals surface area contributed by atoms with E-state index in [0.29, 0.717) is 6.04 Å². The first-order chi connectivity index (χ1) is 9.88. The highest BCUT2D eigenvalue weighted by Crippen LogP contribution is 2.31. The maximum atomic E-state index is 4.76. The molecule has 3 heterocycles. The molecule has 0 unspecified atom stereocenters. The summed E-state index contributed by atoms with van der Waals surface area (Å²) in [5, 5.41) is 0. The zero-order valence-corrected chi connectivity index (χ0v) is 12.7. The van der Waals surface area contributed by atoms with Gasteiger partial charge in [0.1, 0.15) is 5.82 Å². The second-order valence-corrected chi connectivity index (χ2v) is 6.14. The van der Waals surface area contributed by atoms with Crippen molar-refractivity contribution in [3.8, 4) is 0 Å². The van der Waals surface area contributed by atoms with Gasteiger partial charge in [0.25, 0.3) is 0 Å². The van der Waals surface area contributed by atoms with E-state index >= 15 is 0 Å². The molecule has 0 spiro atoms. The molecule has 2 aliphatic rings. The van der Waals surface area contributed by atoms with Gasteiger partial charge in [0.15, 0.2) is 0 Å². The predicted molar refractivity (Wildman–Crippen MR) is 84.1 cm³/mol. The molecule has 3 nitrogen and oxygen atoms in total. The second-order valence-electron chi connectivity index (χ2n) is 6.14. The van der Waals surface area contributed by atoms with Crippen LogP contribution in [0, 0.1) is 0 Å². The molecule has 2 aliphatic heterocycles. The Kier molecular flexibility index (Phi) is 4.56. The van der Waals surface area contributed by atoms with Crippen molar-refractivity contribution in [1.29, 1.82) is 0 Å². The van der Waals surface area contributed by atoms with Gasteiger partial charge < -0.3 is 4.90 Å². The van der Waals surface area contributed by atoms with Crippen molar-refractivity contribution in [2.75, 3.05) is 31.1 Å². The molecule has 110 valence electrons. The molecule has 0 aliphatic carbocycles. The van der Waals surface area contributed by atoms with Crippen LogP contribution in [0.3, 0.4) is 0 Å². The highest BCUT2D eigenvalue weighted by Gasteiger charge is 2.24. The highest BCUT2D eigenvalue weighted by molar-refractivity contribution is 5.40. The molecule has 3 heteroatoms. The van der Waals surface area contributed by atoms with E-state index in [1.54, 1.807) is 0 Å². The summed E-state index contributed by atoms with van der Waals surface area (Å²) in [6.45, 7) is 7.01. The minimum Gasteiger partial charge on any atom is -0.357 e. The van der Waals surface area contributed by atoms with Gasteiger partial charge in [-0.05, 0) is 50.4 Å². The highest BCUT2D eigenvalue weighted by atomic mass is 15.2. The van der Waals surface area contributed by atoms with Crippen LogP contribution in [0.15, 0.2) is 18.3 Å². The van der Waals surface area contributed by atoms with Crippen LogP contribution in [0.1, 0.15) is 57.1 Å². The molecule has 0 aromatic carbocycles. The van der Waals surface area contributed by atoms with E-state index in [2.05, 4.69) is 35.1 Å². The number of aromatic nitrogens is 1. The van der Waals surface area contributed by atoms with Gasteiger partial charge in [-0.15, -0.1) is 0 Å². The van der Waals surface area contributed by atoms with E-state index in [4.69, 9.17) is 4.98 Å². The van der Waals surface area contributed by atoms with E-state index in [1.807, 2.05) is 0 Å². The molecule has 1 aromatic heterocycles. The minimum atomic E-state index is 0.602. The third kappa shape index (κ3) is 2.98. The number of rotatable bonds is 3. The Morgan fingerprint density at radius 3 is 2.50 bits per heavy atom. The fourth-order valence-corrected chi connectivity index (χ4v) is 3.66. The maximum Gasteiger partial charge on any atom is 0.128 e. The summed E-state index contributed by atoms with van der Waals surface area (Å²) < 4.78 is 0. The predicted octanol–water partition coefficient (Wildman–Crippen LogP) is 3.62. The Bertz CT molecular complexity index is 407. The van der Waals surface area contributed by atoms with Gasteiger partial charge in [-0.25, -0.2) is 4.98 Å². The first-order valence-electron chi connectivity index (χ1n) is 8.33. The van der Waals surface area contributed by atoms with Gasteiger partial charge in [0.05, 0.1) is 0 Å². The average Bonchev–Trinajstić information content (AvgIpc) is 2.81. The van der Waals surface area contributed by atoms with Crippen LogP contribution in [0.4, 0.5) is 5.82 Å². The van der Waals surface area contributed by atoms with Gasteiger partial charge in [-0.3, -0.25) is 4.90 Å². The molecule has 1 aromatic rings. The molecule has 3 rings (SSSR count). The number of anilines is 1. The molecule has 0 radical (unpaired) electrons. The number of nitrogens with zero attached hydrogens (tertiary/aromatic N) is 3. The lowest BCUT2D eigenvalue weighted by molar-refractivity contribution is 0.271. The molecule has 20 heavy (non-hydrogen) atoms. The summed E-state index contributed by atoms with van der Waals surface area (Å²) >= 11 is 0. The molecular weight excluding hydrogens is 246 g/mol. The van der Waals surface area contributed by atoms with Crippen molar-refractivity contribution in [2.24, 2.45) is 0 Å². The lowest BCUT2D eigenvalue weighted by Gasteiger charge is -2.25. The number of pyridine rings is 1. The van der Waals surface area contributed by atoms with Crippen molar-refractivity contribution in [1.82, 2.24) is 9.88 Å². The van der Waals surface area contributed by atoms with Crippen molar-refractivity contribution in [3.63, 3.8) is 0 Å². The monoisotopic (exact) mass is 273 g/mol. The quantitative estimate of drug-likeness (QED) is 0.838. The zero-order chi connectivity index (χ0) is 13.8. The van der Waals surface area contributed by atoms with Gasteiger partial charge in [0.2, 0.25) is 0 Å². The molecule has 2 fully saturated rings. The molecule has 0 saturated carbocycles. The fourth-order valence-electron chi connectivity index (χ4n) is 3.66. The van der Waals surface area contributed by atoms with E-state index in [9.17, 15) is 0 Å². The SMILES string of the molecule is CCN1CCC[C@@H]1c1ccc(N2CCCCCC2)nc1. The zero-order valence-electron chi connectivity index (χ0n) is 12.7. The van der Waals surface area contributed by atoms with Crippen molar-refractivity contribution in [3.05, 3.63) is 23.9 Å². The van der Waals surface area contributed by atoms with Crippen LogP contribution in [-0.2, 0) is 0 Å². The Morgan fingerprint density at radius 1 is 1.05 bits per heavy atom. The molecule has 2 saturated heterocycles. The van der Waals surface area contributed by atoms with Crippen molar-refractivity contribution < 1.29 is 0 Å². The standard InChI is InChI=1S/C17H27N3/c1-2-19-13-7-8-16(19)15-9-10-17(18-14-15)20-11-5-3-4-6-12-20/h9-10,14,16H,2-8,11-13H2,1H3/t16-/m1/s1. The Hall–Kier alpha value is -1.09. The summed E-state index contributed by atoms with van der Waals surface area (Å²) in [7, 11) is 0. The van der Waals surface area contributed by atoms with Crippen LogP contribution < -0.4 is 4.90 Å². The average molecular weight is 273 g/mol. The number of likely N-dealkylation sites (tertiary alicyclic amines) is 1. The summed E-state index contributed by atoms with van der Waals surface area (Å²) in [6, 6.07) is 5.16. The van der Waals surface area contributed by atoms with Gasteiger partial charge in [-0.2, -0.15) is 0 Å². The molecule has 0 bridgehead atoms. The van der Waals surface area contributed by atoms with Crippen molar-refractivity contribution >= 4 is 5.82 Å². The lowest BCUT2D eigenvalue weighted by atomic mass is 10.1. The van der Waals surface area contributed by atoms with Gasteiger partial charge in [0, 0.05) is 25.3 Å². The lowest BCUT2D eigenvalue weighted by Crippen LogP contribution is -2.25. The number of hydrogen-bond acceptors (Lipinski definition) is 3. The molecule has 0 N–H and O–H groups in total. The third-order valence-electron chi connectivity index (χ3n) is 4.86. The van der Waals surface area contributed by atoms with Crippen LogP contribution in [-0.4, -0.2) is 36.1 Å². The van der Waals surface area contributed by atoms with Gasteiger partial charge in [-0.1, -0.05) is 25.8 Å². The third-order valence-corrected chi connectivity index (χ3v) is 4.86. The summed E-state index contributed by atoms with van der Waals surface area (Å²) in [5.41, 5.74) is 1.41. The van der Waals surface area contributed by atoms with Crippen LogP contribution in [0.5, 0.6) is 0 Å². The largest absolute Gasteiger partial charge is 0.357 e. The Balaban J connectivity index is 1.70. The molecular formula is C17H27N3. The van der Waals surface area contributed by atoms with Crippen LogP contribution >= 0.6 is 0 Å². The summed E-state index contributed by atoms with van der Waals surface area (Å²) in [5.74, 6) is 1.18. The van der Waals surface area contributed by atoms with E-state index in [-0.39, 0.29) is 0 Å². The summed E-state index contributed by atoms with van der Waals surface area (Å²) in [6.07, 6.45) is 10.1. The Labute approximate surface area is 123 Å². The van der Waals surface area contributed by atoms with Crippen LogP contribution in [0.2, 0.25) is 0 Å². The smallest absolute Gasteiger partial charge is 0.128 e. The van der Waals surface area contributed by atoms with Crippen molar-refractivity contribution in [2.45, 2.75) is 51.5 Å². The van der Waals surface area contributed by atoms with E-state index in [0.717, 1.165) is 6.54 Å². The minimum absolute atomic E-state index is 0.602. The normalized spacial score (nSPS) is 24.9. The number of hydrogen-bond donors (Lipinski definition) is 0. The molecule has 0 amide bonds. The first-order valence-corrected chi connectivity index (χ1v) is 8.33. The van der Waals surface area contributed by atoms with E-state index in [1.165, 1.54) is 69.5 Å².